The molecule has 0 fully saturated rings. The van der Waals surface area contributed by atoms with Crippen LogP contribution in [-0.4, -0.2) is 9.13 Å². The van der Waals surface area contributed by atoms with Gasteiger partial charge in [-0.15, -0.1) is 0 Å². The standard InChI is InChI=1S/C37H22N2OS/c40-37-31-21-34-28(25-15-7-9-17-32(25)38(34)23-11-3-1-4-12-23)19-27(31)30-20-29-26-16-8-10-18-33(26)39(24-13-5-2-6-14-24)35(29)22-36(30)41-37/h1-22H. The van der Waals surface area contributed by atoms with Gasteiger partial charge in [0, 0.05) is 48.4 Å². The second-order valence-electron chi connectivity index (χ2n) is 10.5. The van der Waals surface area contributed by atoms with Gasteiger partial charge in [0.15, 0.2) is 0 Å². The quantitative estimate of drug-likeness (QED) is 0.200. The summed E-state index contributed by atoms with van der Waals surface area (Å²) in [5.41, 5.74) is 6.66. The maximum absolute atomic E-state index is 13.8. The van der Waals surface area contributed by atoms with E-state index in [4.69, 9.17) is 0 Å². The maximum atomic E-state index is 13.8. The third-order valence-electron chi connectivity index (χ3n) is 8.33. The first-order chi connectivity index (χ1) is 20.3. The van der Waals surface area contributed by atoms with Crippen LogP contribution in [0.3, 0.4) is 0 Å². The van der Waals surface area contributed by atoms with Crippen molar-refractivity contribution in [2.45, 2.75) is 0 Å². The summed E-state index contributed by atoms with van der Waals surface area (Å²) in [6.45, 7) is 0. The summed E-state index contributed by atoms with van der Waals surface area (Å²) in [6.07, 6.45) is 0. The molecule has 0 unspecified atom stereocenters. The highest BCUT2D eigenvalue weighted by Gasteiger charge is 2.18. The number of nitrogens with zero attached hydrogens (tertiary/aromatic N) is 2. The van der Waals surface area contributed by atoms with Gasteiger partial charge < -0.3 is 9.13 Å². The average Bonchev–Trinajstić information content (AvgIpc) is 3.52. The van der Waals surface area contributed by atoms with Crippen LogP contribution in [0.2, 0.25) is 0 Å². The molecule has 0 spiro atoms. The van der Waals surface area contributed by atoms with Gasteiger partial charge in [-0.1, -0.05) is 84.1 Å². The molecule has 4 heteroatoms. The Bertz CT molecular complexity index is 2540. The number of hydrogen-bond donors (Lipinski definition) is 0. The van der Waals surface area contributed by atoms with Crippen molar-refractivity contribution in [2.24, 2.45) is 0 Å². The van der Waals surface area contributed by atoms with E-state index in [1.165, 1.54) is 27.5 Å². The highest BCUT2D eigenvalue weighted by atomic mass is 32.1. The van der Waals surface area contributed by atoms with E-state index in [-0.39, 0.29) is 4.74 Å². The molecule has 41 heavy (non-hydrogen) atoms. The minimum Gasteiger partial charge on any atom is -0.309 e. The molecule has 192 valence electrons. The Labute approximate surface area is 238 Å². The highest BCUT2D eigenvalue weighted by molar-refractivity contribution is 7.17. The van der Waals surface area contributed by atoms with Crippen LogP contribution in [0.15, 0.2) is 138 Å². The largest absolute Gasteiger partial charge is 0.309 e. The SMILES string of the molecule is O=c1sc2cc3c(cc2c2cc4c5ccccc5n(-c5ccccc5)c4cc12)c1ccccc1n3-c1ccccc1. The Morgan fingerprint density at radius 1 is 0.390 bits per heavy atom. The number of benzene rings is 6. The van der Waals surface area contributed by atoms with Crippen LogP contribution in [0, 0.1) is 0 Å². The lowest BCUT2D eigenvalue weighted by Crippen LogP contribution is -1.98. The Kier molecular flexibility index (Phi) is 4.63. The number of fused-ring (bicyclic) bond motifs is 9. The Morgan fingerprint density at radius 3 is 1.46 bits per heavy atom. The van der Waals surface area contributed by atoms with E-state index in [2.05, 4.69) is 130 Å². The van der Waals surface area contributed by atoms with E-state index in [1.54, 1.807) is 0 Å². The molecule has 0 saturated carbocycles. The van der Waals surface area contributed by atoms with Crippen molar-refractivity contribution < 1.29 is 0 Å². The molecule has 6 aromatic carbocycles. The normalized spacial score (nSPS) is 12.0. The molecule has 0 N–H and O–H groups in total. The molecule has 0 aliphatic heterocycles. The van der Waals surface area contributed by atoms with Gasteiger partial charge in [0.25, 0.3) is 0 Å². The van der Waals surface area contributed by atoms with Gasteiger partial charge in [0.2, 0.25) is 4.74 Å². The van der Waals surface area contributed by atoms with Crippen molar-refractivity contribution >= 4 is 75.8 Å². The molecule has 0 atom stereocenters. The fourth-order valence-corrected chi connectivity index (χ4v) is 7.49. The van der Waals surface area contributed by atoms with Crippen molar-refractivity contribution in [3.05, 3.63) is 143 Å². The molecule has 0 bridgehead atoms. The van der Waals surface area contributed by atoms with Crippen LogP contribution in [0.25, 0.3) is 75.8 Å². The minimum atomic E-state index is 0.0843. The molecule has 9 aromatic rings. The van der Waals surface area contributed by atoms with Crippen LogP contribution >= 0.6 is 11.3 Å². The summed E-state index contributed by atoms with van der Waals surface area (Å²) in [5, 5.41) is 7.62. The van der Waals surface area contributed by atoms with E-state index >= 15 is 0 Å². The molecule has 9 rings (SSSR count). The Hall–Kier alpha value is -5.19. The lowest BCUT2D eigenvalue weighted by atomic mass is 10.0. The third-order valence-corrected chi connectivity index (χ3v) is 9.29. The number of para-hydroxylation sites is 4. The van der Waals surface area contributed by atoms with Gasteiger partial charge in [0.05, 0.1) is 22.1 Å². The van der Waals surface area contributed by atoms with Gasteiger partial charge in [0.1, 0.15) is 0 Å². The summed E-state index contributed by atoms with van der Waals surface area (Å²) >= 11 is 1.34. The van der Waals surface area contributed by atoms with E-state index in [0.717, 1.165) is 59.7 Å². The average molecular weight is 543 g/mol. The fourth-order valence-electron chi connectivity index (χ4n) is 6.56. The molecule has 0 saturated heterocycles. The second-order valence-corrected chi connectivity index (χ2v) is 11.6. The minimum absolute atomic E-state index is 0.0843. The fraction of sp³-hybridized carbons (Fsp3) is 0. The van der Waals surface area contributed by atoms with Gasteiger partial charge in [-0.25, -0.2) is 0 Å². The van der Waals surface area contributed by atoms with E-state index in [0.29, 0.717) is 0 Å². The van der Waals surface area contributed by atoms with Crippen LogP contribution in [0.5, 0.6) is 0 Å². The first-order valence-corrected chi connectivity index (χ1v) is 14.6. The second kappa shape index (κ2) is 8.40. The van der Waals surface area contributed by atoms with E-state index < -0.39 is 0 Å². The lowest BCUT2D eigenvalue weighted by Gasteiger charge is -2.10. The van der Waals surface area contributed by atoms with Crippen LogP contribution in [0.1, 0.15) is 0 Å². The van der Waals surface area contributed by atoms with Gasteiger partial charge >= 0.3 is 0 Å². The van der Waals surface area contributed by atoms with Gasteiger partial charge in [-0.3, -0.25) is 4.79 Å². The van der Waals surface area contributed by atoms with Crippen molar-refractivity contribution in [1.82, 2.24) is 9.13 Å². The molecule has 3 aromatic heterocycles. The van der Waals surface area contributed by atoms with Crippen molar-refractivity contribution in [1.29, 1.82) is 0 Å². The zero-order chi connectivity index (χ0) is 27.1. The molecule has 3 heterocycles. The van der Waals surface area contributed by atoms with Crippen molar-refractivity contribution in [3.8, 4) is 11.4 Å². The van der Waals surface area contributed by atoms with E-state index in [9.17, 15) is 4.79 Å². The van der Waals surface area contributed by atoms with Gasteiger partial charge in [-0.05, 0) is 66.0 Å². The lowest BCUT2D eigenvalue weighted by molar-refractivity contribution is 1.18. The summed E-state index contributed by atoms with van der Waals surface area (Å²) in [4.78, 5) is 13.8. The first kappa shape index (κ1) is 22.6. The Balaban J connectivity index is 1.44. The smallest absolute Gasteiger partial charge is 0.240 e. The Morgan fingerprint density at radius 2 is 0.878 bits per heavy atom. The van der Waals surface area contributed by atoms with Crippen LogP contribution in [-0.2, 0) is 0 Å². The zero-order valence-electron chi connectivity index (χ0n) is 21.9. The molecular weight excluding hydrogens is 520 g/mol. The summed E-state index contributed by atoms with van der Waals surface area (Å²) in [6, 6.07) is 46.8. The van der Waals surface area contributed by atoms with Gasteiger partial charge in [-0.2, -0.15) is 0 Å². The molecule has 0 amide bonds. The molecule has 0 aliphatic carbocycles. The summed E-state index contributed by atoms with van der Waals surface area (Å²) in [5.74, 6) is 0. The van der Waals surface area contributed by atoms with Crippen molar-refractivity contribution in [3.63, 3.8) is 0 Å². The molecule has 0 radical (unpaired) electrons. The summed E-state index contributed by atoms with van der Waals surface area (Å²) < 4.78 is 5.67. The molecule has 3 nitrogen and oxygen atoms in total. The molecular formula is C37H22N2OS. The maximum Gasteiger partial charge on any atom is 0.240 e. The highest BCUT2D eigenvalue weighted by Crippen LogP contribution is 2.40. The zero-order valence-corrected chi connectivity index (χ0v) is 22.7. The predicted molar refractivity (Wildman–Crippen MR) is 174 cm³/mol. The monoisotopic (exact) mass is 542 g/mol. The van der Waals surface area contributed by atoms with Crippen molar-refractivity contribution in [2.75, 3.05) is 0 Å². The topological polar surface area (TPSA) is 26.9 Å². The number of rotatable bonds is 2. The number of aromatic nitrogens is 2. The predicted octanol–water partition coefficient (Wildman–Crippen LogP) is 9.61. The first-order valence-electron chi connectivity index (χ1n) is 13.7. The van der Waals surface area contributed by atoms with Crippen LogP contribution < -0.4 is 4.74 Å². The third kappa shape index (κ3) is 3.17. The molecule has 0 aliphatic rings. The summed E-state index contributed by atoms with van der Waals surface area (Å²) in [7, 11) is 0. The number of hydrogen-bond acceptors (Lipinski definition) is 2. The van der Waals surface area contributed by atoms with Crippen LogP contribution in [0.4, 0.5) is 0 Å². The van der Waals surface area contributed by atoms with E-state index in [1.807, 2.05) is 12.1 Å².